The zero-order valence-corrected chi connectivity index (χ0v) is 13.5. The Kier molecular flexibility index (Phi) is 5.34. The summed E-state index contributed by atoms with van der Waals surface area (Å²) in [5.74, 6) is 0. The van der Waals surface area contributed by atoms with Crippen molar-refractivity contribution in [3.63, 3.8) is 0 Å². The Morgan fingerprint density at radius 2 is 2.32 bits per heavy atom. The minimum atomic E-state index is -0.451. The van der Waals surface area contributed by atoms with Crippen LogP contribution in [0.5, 0.6) is 0 Å². The molecule has 22 heavy (non-hydrogen) atoms. The summed E-state index contributed by atoms with van der Waals surface area (Å²) in [5, 5.41) is 10.3. The van der Waals surface area contributed by atoms with Crippen LogP contribution in [0.2, 0.25) is 0 Å². The van der Waals surface area contributed by atoms with Gasteiger partial charge in [-0.3, -0.25) is 0 Å². The van der Waals surface area contributed by atoms with Crippen molar-refractivity contribution in [1.82, 2.24) is 0 Å². The Morgan fingerprint density at radius 1 is 1.41 bits per heavy atom. The lowest BCUT2D eigenvalue weighted by atomic mass is 9.99. The van der Waals surface area contributed by atoms with Gasteiger partial charge in [0.2, 0.25) is 0 Å². The number of hydrogen-bond acceptors (Lipinski definition) is 4. The van der Waals surface area contributed by atoms with Gasteiger partial charge < -0.3 is 19.5 Å². The number of anilines is 1. The number of benzene rings is 1. The topological polar surface area (TPSA) is 41.9 Å². The summed E-state index contributed by atoms with van der Waals surface area (Å²) < 4.78 is 11.2. The van der Waals surface area contributed by atoms with Crippen LogP contribution in [0, 0.1) is 6.92 Å². The maximum Gasteiger partial charge on any atom is 0.0948 e. The first-order chi connectivity index (χ1) is 10.7. The predicted octanol–water partition coefficient (Wildman–Crippen LogP) is 2.30. The van der Waals surface area contributed by atoms with Gasteiger partial charge in [-0.1, -0.05) is 12.1 Å². The monoisotopic (exact) mass is 305 g/mol. The van der Waals surface area contributed by atoms with Crippen LogP contribution < -0.4 is 4.90 Å². The van der Waals surface area contributed by atoms with Crippen LogP contribution in [0.15, 0.2) is 18.2 Å². The SMILES string of the molecule is Cc1ccc2c(c1)N(C[C@H](O)COC[C@@H]1CCCO1)CCC2. The second-order valence-corrected chi connectivity index (χ2v) is 6.51. The van der Waals surface area contributed by atoms with Gasteiger partial charge in [0.1, 0.15) is 0 Å². The highest BCUT2D eigenvalue weighted by molar-refractivity contribution is 5.57. The van der Waals surface area contributed by atoms with Crippen LogP contribution >= 0.6 is 0 Å². The fourth-order valence-electron chi connectivity index (χ4n) is 3.37. The highest BCUT2D eigenvalue weighted by atomic mass is 16.5. The first-order valence-corrected chi connectivity index (χ1v) is 8.44. The van der Waals surface area contributed by atoms with E-state index in [9.17, 15) is 5.11 Å². The molecule has 0 amide bonds. The Balaban J connectivity index is 1.49. The van der Waals surface area contributed by atoms with E-state index in [0.717, 1.165) is 38.8 Å². The molecule has 0 bridgehead atoms. The van der Waals surface area contributed by atoms with E-state index < -0.39 is 6.10 Å². The van der Waals surface area contributed by atoms with Crippen molar-refractivity contribution in [3.8, 4) is 0 Å². The highest BCUT2D eigenvalue weighted by Crippen LogP contribution is 2.28. The fourth-order valence-corrected chi connectivity index (χ4v) is 3.37. The molecule has 2 atom stereocenters. The molecular weight excluding hydrogens is 278 g/mol. The lowest BCUT2D eigenvalue weighted by Gasteiger charge is -2.33. The van der Waals surface area contributed by atoms with Gasteiger partial charge in [0.05, 0.1) is 25.4 Å². The van der Waals surface area contributed by atoms with Crippen molar-refractivity contribution in [3.05, 3.63) is 29.3 Å². The molecule has 1 fully saturated rings. The first-order valence-electron chi connectivity index (χ1n) is 8.44. The molecule has 122 valence electrons. The van der Waals surface area contributed by atoms with Crippen LogP contribution in [-0.4, -0.2) is 50.2 Å². The van der Waals surface area contributed by atoms with Gasteiger partial charge in [0.15, 0.2) is 0 Å². The van der Waals surface area contributed by atoms with Crippen molar-refractivity contribution >= 4 is 5.69 Å². The Labute approximate surface area is 133 Å². The smallest absolute Gasteiger partial charge is 0.0948 e. The summed E-state index contributed by atoms with van der Waals surface area (Å²) >= 11 is 0. The van der Waals surface area contributed by atoms with Gasteiger partial charge in [0.25, 0.3) is 0 Å². The lowest BCUT2D eigenvalue weighted by Crippen LogP contribution is -2.38. The molecular formula is C18H27NO3. The molecule has 2 heterocycles. The van der Waals surface area contributed by atoms with E-state index >= 15 is 0 Å². The van der Waals surface area contributed by atoms with Crippen molar-refractivity contribution in [2.24, 2.45) is 0 Å². The van der Waals surface area contributed by atoms with E-state index in [0.29, 0.717) is 19.8 Å². The summed E-state index contributed by atoms with van der Waals surface area (Å²) in [5.41, 5.74) is 3.95. The highest BCUT2D eigenvalue weighted by Gasteiger charge is 2.20. The van der Waals surface area contributed by atoms with E-state index in [1.54, 1.807) is 0 Å². The molecule has 0 saturated carbocycles. The third-order valence-corrected chi connectivity index (χ3v) is 4.52. The zero-order valence-electron chi connectivity index (χ0n) is 13.5. The second-order valence-electron chi connectivity index (χ2n) is 6.51. The Bertz CT molecular complexity index is 485. The molecule has 1 aromatic rings. The van der Waals surface area contributed by atoms with Crippen LogP contribution in [0.3, 0.4) is 0 Å². The molecule has 0 unspecified atom stereocenters. The number of aliphatic hydroxyl groups excluding tert-OH is 1. The quantitative estimate of drug-likeness (QED) is 0.876. The lowest BCUT2D eigenvalue weighted by molar-refractivity contribution is -0.0150. The van der Waals surface area contributed by atoms with Crippen LogP contribution in [0.1, 0.15) is 30.4 Å². The Morgan fingerprint density at radius 3 is 3.14 bits per heavy atom. The Hall–Kier alpha value is -1.10. The molecule has 1 aromatic carbocycles. The minimum absolute atomic E-state index is 0.227. The third-order valence-electron chi connectivity index (χ3n) is 4.52. The number of aliphatic hydroxyl groups is 1. The predicted molar refractivity (Wildman–Crippen MR) is 87.5 cm³/mol. The van der Waals surface area contributed by atoms with Crippen molar-refractivity contribution in [2.75, 3.05) is 37.8 Å². The molecule has 1 N–H and O–H groups in total. The normalized spacial score (nSPS) is 22.6. The van der Waals surface area contributed by atoms with Crippen LogP contribution in [0.25, 0.3) is 0 Å². The molecule has 0 aliphatic carbocycles. The number of hydrogen-bond donors (Lipinski definition) is 1. The van der Waals surface area contributed by atoms with E-state index in [2.05, 4.69) is 30.0 Å². The average molecular weight is 305 g/mol. The number of aryl methyl sites for hydroxylation is 2. The van der Waals surface area contributed by atoms with Crippen LogP contribution in [0.4, 0.5) is 5.69 Å². The van der Waals surface area contributed by atoms with Gasteiger partial charge in [0, 0.05) is 25.4 Å². The standard InChI is InChI=1S/C18H27NO3/c1-14-6-7-15-4-2-8-19(18(15)10-14)11-16(20)12-21-13-17-5-3-9-22-17/h6-7,10,16-17,20H,2-5,8-9,11-13H2,1H3/t16-,17-/m0/s1. The molecule has 3 rings (SSSR count). The molecule has 2 aliphatic rings. The van der Waals surface area contributed by atoms with Crippen LogP contribution in [-0.2, 0) is 15.9 Å². The first kappa shape index (κ1) is 15.8. The molecule has 0 aromatic heterocycles. The van der Waals surface area contributed by atoms with Gasteiger partial charge in [-0.15, -0.1) is 0 Å². The zero-order chi connectivity index (χ0) is 15.4. The van der Waals surface area contributed by atoms with E-state index in [1.807, 2.05) is 0 Å². The minimum Gasteiger partial charge on any atom is -0.389 e. The summed E-state index contributed by atoms with van der Waals surface area (Å²) in [6.07, 6.45) is 4.27. The van der Waals surface area contributed by atoms with Crippen molar-refractivity contribution in [2.45, 2.75) is 44.8 Å². The number of rotatable bonds is 6. The molecule has 0 spiro atoms. The van der Waals surface area contributed by atoms with E-state index in [1.165, 1.54) is 16.8 Å². The molecule has 4 heteroatoms. The number of fused-ring (bicyclic) bond motifs is 1. The van der Waals surface area contributed by atoms with E-state index in [4.69, 9.17) is 9.47 Å². The van der Waals surface area contributed by atoms with Crippen molar-refractivity contribution in [1.29, 1.82) is 0 Å². The second kappa shape index (κ2) is 7.44. The van der Waals surface area contributed by atoms with Gasteiger partial charge in [-0.25, -0.2) is 0 Å². The summed E-state index contributed by atoms with van der Waals surface area (Å²) in [7, 11) is 0. The summed E-state index contributed by atoms with van der Waals surface area (Å²) in [6.45, 7) is 5.61. The van der Waals surface area contributed by atoms with E-state index in [-0.39, 0.29) is 6.10 Å². The summed E-state index contributed by atoms with van der Waals surface area (Å²) in [6, 6.07) is 6.62. The average Bonchev–Trinajstić information content (AvgIpc) is 3.01. The van der Waals surface area contributed by atoms with Gasteiger partial charge >= 0.3 is 0 Å². The summed E-state index contributed by atoms with van der Waals surface area (Å²) in [4.78, 5) is 2.30. The van der Waals surface area contributed by atoms with Gasteiger partial charge in [-0.2, -0.15) is 0 Å². The molecule has 2 aliphatic heterocycles. The molecule has 0 radical (unpaired) electrons. The number of nitrogens with zero attached hydrogens (tertiary/aromatic N) is 1. The van der Waals surface area contributed by atoms with Crippen molar-refractivity contribution < 1.29 is 14.6 Å². The number of β-amino-alcohol motifs (C(OH)–C–C–N with tert-alkyl or cyclic N) is 1. The largest absolute Gasteiger partial charge is 0.389 e. The maximum atomic E-state index is 10.3. The fraction of sp³-hybridized carbons (Fsp3) is 0.667. The maximum absolute atomic E-state index is 10.3. The molecule has 4 nitrogen and oxygen atoms in total. The third kappa shape index (κ3) is 4.00. The number of ether oxygens (including phenoxy) is 2. The van der Waals surface area contributed by atoms with Gasteiger partial charge in [-0.05, 0) is 49.8 Å². The molecule has 1 saturated heterocycles.